The van der Waals surface area contributed by atoms with Crippen LogP contribution in [0.1, 0.15) is 16.5 Å². The minimum Gasteiger partial charge on any atom is -0.497 e. The molecule has 1 N–H and O–H groups in total. The molecule has 2 aromatic heterocycles. The minimum absolute atomic E-state index is 0.132. The maximum Gasteiger partial charge on any atom is 0.231 e. The molecule has 0 aliphatic rings. The van der Waals surface area contributed by atoms with Crippen molar-refractivity contribution in [3.63, 3.8) is 0 Å². The van der Waals surface area contributed by atoms with Crippen LogP contribution in [-0.4, -0.2) is 28.3 Å². The maximum absolute atomic E-state index is 13.4. The standard InChI is InChI=1S/C23H20FN3O2S2/c1-29-19-5-2-4-18(14-19)27-12-11-25-23(27)31-15-21(28)26-22(20-6-3-13-30-20)16-7-9-17(24)10-8-16/h2-14,22H,15H2,1H3,(H,26,28). The number of halogens is 1. The zero-order chi connectivity index (χ0) is 21.6. The number of hydrogen-bond acceptors (Lipinski definition) is 5. The first-order valence-electron chi connectivity index (χ1n) is 9.53. The van der Waals surface area contributed by atoms with E-state index in [-0.39, 0.29) is 23.5 Å². The Kier molecular flexibility index (Phi) is 6.69. The van der Waals surface area contributed by atoms with Crippen LogP contribution in [0.2, 0.25) is 0 Å². The molecule has 4 aromatic rings. The fourth-order valence-corrected chi connectivity index (χ4v) is 4.70. The summed E-state index contributed by atoms with van der Waals surface area (Å²) >= 11 is 2.90. The Morgan fingerprint density at radius 2 is 2.06 bits per heavy atom. The van der Waals surface area contributed by atoms with E-state index >= 15 is 0 Å². The normalized spacial score (nSPS) is 11.8. The number of imidazole rings is 1. The number of amides is 1. The van der Waals surface area contributed by atoms with Gasteiger partial charge in [-0.05, 0) is 41.3 Å². The molecule has 158 valence electrons. The molecule has 0 spiro atoms. The number of ether oxygens (including phenoxy) is 1. The number of hydrogen-bond donors (Lipinski definition) is 1. The summed E-state index contributed by atoms with van der Waals surface area (Å²) < 4.78 is 20.6. The first kappa shape index (κ1) is 21.1. The average molecular weight is 454 g/mol. The molecule has 0 saturated carbocycles. The summed E-state index contributed by atoms with van der Waals surface area (Å²) in [5, 5.41) is 5.73. The van der Waals surface area contributed by atoms with Gasteiger partial charge in [-0.3, -0.25) is 9.36 Å². The van der Waals surface area contributed by atoms with E-state index < -0.39 is 0 Å². The van der Waals surface area contributed by atoms with Crippen LogP contribution in [0.5, 0.6) is 5.75 Å². The van der Waals surface area contributed by atoms with Crippen molar-refractivity contribution >= 4 is 29.0 Å². The quantitative estimate of drug-likeness (QED) is 0.378. The monoisotopic (exact) mass is 453 g/mol. The zero-order valence-corrected chi connectivity index (χ0v) is 18.3. The number of methoxy groups -OCH3 is 1. The molecule has 0 radical (unpaired) electrons. The van der Waals surface area contributed by atoms with Gasteiger partial charge in [-0.2, -0.15) is 0 Å². The second-order valence-electron chi connectivity index (χ2n) is 6.64. The van der Waals surface area contributed by atoms with Crippen LogP contribution in [0.15, 0.2) is 83.6 Å². The highest BCUT2D eigenvalue weighted by atomic mass is 32.2. The van der Waals surface area contributed by atoms with Gasteiger partial charge in [-0.15, -0.1) is 11.3 Å². The van der Waals surface area contributed by atoms with Gasteiger partial charge in [0.1, 0.15) is 11.6 Å². The molecular weight excluding hydrogens is 433 g/mol. The van der Waals surface area contributed by atoms with Gasteiger partial charge in [0.2, 0.25) is 5.91 Å². The van der Waals surface area contributed by atoms with Crippen LogP contribution < -0.4 is 10.1 Å². The third-order valence-electron chi connectivity index (χ3n) is 4.61. The molecule has 0 saturated heterocycles. The fraction of sp³-hybridized carbons (Fsp3) is 0.130. The predicted octanol–water partition coefficient (Wildman–Crippen LogP) is 5.08. The van der Waals surface area contributed by atoms with E-state index in [0.29, 0.717) is 5.16 Å². The van der Waals surface area contributed by atoms with Crippen molar-refractivity contribution in [2.75, 3.05) is 12.9 Å². The number of carbonyl (C=O) groups excluding carboxylic acids is 1. The first-order valence-corrected chi connectivity index (χ1v) is 11.4. The highest BCUT2D eigenvalue weighted by molar-refractivity contribution is 7.99. The Morgan fingerprint density at radius 1 is 1.23 bits per heavy atom. The molecule has 2 aromatic carbocycles. The van der Waals surface area contributed by atoms with Crippen molar-refractivity contribution in [1.82, 2.24) is 14.9 Å². The number of nitrogens with one attached hydrogen (secondary N) is 1. The molecule has 2 heterocycles. The topological polar surface area (TPSA) is 56.2 Å². The molecule has 1 amide bonds. The van der Waals surface area contributed by atoms with Crippen molar-refractivity contribution in [3.8, 4) is 11.4 Å². The van der Waals surface area contributed by atoms with Crippen LogP contribution in [0.25, 0.3) is 5.69 Å². The van der Waals surface area contributed by atoms with Crippen molar-refractivity contribution in [2.45, 2.75) is 11.2 Å². The van der Waals surface area contributed by atoms with Gasteiger partial charge in [0.15, 0.2) is 5.16 Å². The van der Waals surface area contributed by atoms with Crippen LogP contribution in [0.4, 0.5) is 4.39 Å². The Bertz CT molecular complexity index is 1140. The zero-order valence-electron chi connectivity index (χ0n) is 16.7. The number of aromatic nitrogens is 2. The van der Waals surface area contributed by atoms with E-state index in [1.165, 1.54) is 23.9 Å². The summed E-state index contributed by atoms with van der Waals surface area (Å²) in [7, 11) is 1.62. The summed E-state index contributed by atoms with van der Waals surface area (Å²) in [5.41, 5.74) is 1.74. The summed E-state index contributed by atoms with van der Waals surface area (Å²) in [6.07, 6.45) is 3.55. The minimum atomic E-state index is -0.327. The summed E-state index contributed by atoms with van der Waals surface area (Å²) in [4.78, 5) is 18.1. The third-order valence-corrected chi connectivity index (χ3v) is 6.51. The summed E-state index contributed by atoms with van der Waals surface area (Å²) in [6.45, 7) is 0. The van der Waals surface area contributed by atoms with E-state index in [1.54, 1.807) is 36.8 Å². The van der Waals surface area contributed by atoms with E-state index in [0.717, 1.165) is 21.9 Å². The van der Waals surface area contributed by atoms with E-state index in [2.05, 4.69) is 10.3 Å². The van der Waals surface area contributed by atoms with Gasteiger partial charge in [0.25, 0.3) is 0 Å². The molecular formula is C23H20FN3O2S2. The van der Waals surface area contributed by atoms with Gasteiger partial charge >= 0.3 is 0 Å². The fourth-order valence-electron chi connectivity index (χ4n) is 3.12. The van der Waals surface area contributed by atoms with Crippen LogP contribution >= 0.6 is 23.1 Å². The summed E-state index contributed by atoms with van der Waals surface area (Å²) in [6, 6.07) is 17.4. The lowest BCUT2D eigenvalue weighted by atomic mass is 10.1. The highest BCUT2D eigenvalue weighted by Gasteiger charge is 2.19. The number of carbonyl (C=O) groups is 1. The molecule has 0 aliphatic carbocycles. The van der Waals surface area contributed by atoms with Gasteiger partial charge in [0, 0.05) is 23.3 Å². The Labute approximate surface area is 187 Å². The number of benzene rings is 2. The number of nitrogens with zero attached hydrogens (tertiary/aromatic N) is 2. The van der Waals surface area contributed by atoms with Crippen molar-refractivity contribution in [2.24, 2.45) is 0 Å². The van der Waals surface area contributed by atoms with Gasteiger partial charge in [0.05, 0.1) is 24.6 Å². The van der Waals surface area contributed by atoms with Gasteiger partial charge in [-0.1, -0.05) is 36.0 Å². The smallest absolute Gasteiger partial charge is 0.231 e. The predicted molar refractivity (Wildman–Crippen MR) is 122 cm³/mol. The molecule has 1 unspecified atom stereocenters. The van der Waals surface area contributed by atoms with Crippen molar-refractivity contribution in [1.29, 1.82) is 0 Å². The molecule has 0 fully saturated rings. The lowest BCUT2D eigenvalue weighted by Gasteiger charge is -2.18. The van der Waals surface area contributed by atoms with Crippen LogP contribution in [-0.2, 0) is 4.79 Å². The summed E-state index contributed by atoms with van der Waals surface area (Å²) in [5.74, 6) is 0.509. The number of thioether (sulfide) groups is 1. The first-order chi connectivity index (χ1) is 15.1. The third kappa shape index (κ3) is 5.15. The van der Waals surface area contributed by atoms with Gasteiger partial charge < -0.3 is 10.1 Å². The Hall–Kier alpha value is -3.10. The molecule has 5 nitrogen and oxygen atoms in total. The Balaban J connectivity index is 1.46. The second kappa shape index (κ2) is 9.80. The number of thiophene rings is 1. The Morgan fingerprint density at radius 3 is 2.81 bits per heavy atom. The average Bonchev–Trinajstić information content (AvgIpc) is 3.49. The van der Waals surface area contributed by atoms with Crippen LogP contribution in [0.3, 0.4) is 0 Å². The molecule has 31 heavy (non-hydrogen) atoms. The van der Waals surface area contributed by atoms with E-state index in [4.69, 9.17) is 4.74 Å². The second-order valence-corrected chi connectivity index (χ2v) is 8.56. The molecule has 8 heteroatoms. The van der Waals surface area contributed by atoms with Crippen LogP contribution in [0, 0.1) is 5.82 Å². The van der Waals surface area contributed by atoms with Crippen molar-refractivity contribution in [3.05, 3.63) is 94.7 Å². The van der Waals surface area contributed by atoms with E-state index in [9.17, 15) is 9.18 Å². The SMILES string of the molecule is COc1cccc(-n2ccnc2SCC(=O)NC(c2ccc(F)cc2)c2cccs2)c1. The lowest BCUT2D eigenvalue weighted by molar-refractivity contribution is -0.119. The largest absolute Gasteiger partial charge is 0.497 e. The van der Waals surface area contributed by atoms with Gasteiger partial charge in [-0.25, -0.2) is 9.37 Å². The number of rotatable bonds is 8. The molecule has 0 bridgehead atoms. The lowest BCUT2D eigenvalue weighted by Crippen LogP contribution is -2.30. The molecule has 0 aliphatic heterocycles. The van der Waals surface area contributed by atoms with Crippen molar-refractivity contribution < 1.29 is 13.9 Å². The maximum atomic E-state index is 13.4. The molecule has 1 atom stereocenters. The molecule has 4 rings (SSSR count). The van der Waals surface area contributed by atoms with E-state index in [1.807, 2.05) is 52.5 Å². The highest BCUT2D eigenvalue weighted by Crippen LogP contribution is 2.27.